The predicted octanol–water partition coefficient (Wildman–Crippen LogP) is 1.60. The molecule has 4 rings (SSSR count). The van der Waals surface area contributed by atoms with Crippen molar-refractivity contribution in [2.24, 2.45) is 11.8 Å². The SMILES string of the molecule is COc1cccc(OC2=COC3C(CCC(O)C3CN3CCOCC3)C2=O)c1. The second-order valence-corrected chi connectivity index (χ2v) is 7.56. The fraction of sp³-hybridized carbons (Fsp3) is 0.571. The highest BCUT2D eigenvalue weighted by atomic mass is 16.5. The number of carbonyl (C=O) groups is 1. The van der Waals surface area contributed by atoms with Crippen molar-refractivity contribution in [3.05, 3.63) is 36.3 Å². The molecule has 1 saturated carbocycles. The van der Waals surface area contributed by atoms with Gasteiger partial charge in [-0.3, -0.25) is 9.69 Å². The second kappa shape index (κ2) is 8.51. The minimum Gasteiger partial charge on any atom is -0.497 e. The lowest BCUT2D eigenvalue weighted by Crippen LogP contribution is -2.53. The molecule has 4 atom stereocenters. The number of hydrogen-bond donors (Lipinski definition) is 1. The molecule has 0 radical (unpaired) electrons. The molecule has 1 N–H and O–H groups in total. The first-order chi connectivity index (χ1) is 13.7. The molecule has 0 bridgehead atoms. The standard InChI is InChI=1S/C21H27NO6/c1-25-14-3-2-4-15(11-14)28-19-13-27-21-16(20(19)24)5-6-18(23)17(21)12-22-7-9-26-10-8-22/h2-4,11,13,16-18,21,23H,5-10,12H2,1H3. The molecule has 1 saturated heterocycles. The number of nitrogens with zero attached hydrogens (tertiary/aromatic N) is 1. The lowest BCUT2D eigenvalue weighted by Gasteiger charge is -2.43. The van der Waals surface area contributed by atoms with E-state index < -0.39 is 6.10 Å². The van der Waals surface area contributed by atoms with Crippen LogP contribution < -0.4 is 9.47 Å². The molecular formula is C21H27NO6. The molecule has 3 aliphatic rings. The van der Waals surface area contributed by atoms with Gasteiger partial charge in [0.1, 0.15) is 23.9 Å². The zero-order valence-corrected chi connectivity index (χ0v) is 16.1. The van der Waals surface area contributed by atoms with E-state index in [2.05, 4.69) is 4.90 Å². The second-order valence-electron chi connectivity index (χ2n) is 7.56. The maximum atomic E-state index is 13.0. The third-order valence-corrected chi connectivity index (χ3v) is 5.84. The summed E-state index contributed by atoms with van der Waals surface area (Å²) in [4.78, 5) is 15.3. The summed E-state index contributed by atoms with van der Waals surface area (Å²) in [5, 5.41) is 10.6. The summed E-state index contributed by atoms with van der Waals surface area (Å²) in [6, 6.07) is 7.12. The van der Waals surface area contributed by atoms with Crippen molar-refractivity contribution in [3.8, 4) is 11.5 Å². The van der Waals surface area contributed by atoms with Gasteiger partial charge in [-0.15, -0.1) is 0 Å². The molecule has 7 nitrogen and oxygen atoms in total. The first-order valence-electron chi connectivity index (χ1n) is 9.85. The summed E-state index contributed by atoms with van der Waals surface area (Å²) in [7, 11) is 1.58. The first-order valence-corrected chi connectivity index (χ1v) is 9.85. The Balaban J connectivity index is 1.47. The van der Waals surface area contributed by atoms with Crippen LogP contribution in [0.25, 0.3) is 0 Å². The van der Waals surface area contributed by atoms with E-state index in [0.29, 0.717) is 44.1 Å². The van der Waals surface area contributed by atoms with Crippen molar-refractivity contribution in [2.45, 2.75) is 25.0 Å². The number of allylic oxidation sites excluding steroid dienone is 1. The average Bonchev–Trinajstić information content (AvgIpc) is 2.73. The summed E-state index contributed by atoms with van der Waals surface area (Å²) in [5.41, 5.74) is 0. The Morgan fingerprint density at radius 3 is 2.79 bits per heavy atom. The molecular weight excluding hydrogens is 362 g/mol. The Morgan fingerprint density at radius 2 is 2.00 bits per heavy atom. The Labute approximate surface area is 164 Å². The predicted molar refractivity (Wildman–Crippen MR) is 101 cm³/mol. The first kappa shape index (κ1) is 19.2. The third-order valence-electron chi connectivity index (χ3n) is 5.84. The molecule has 2 aliphatic heterocycles. The van der Waals surface area contributed by atoms with Crippen LogP contribution in [0.3, 0.4) is 0 Å². The zero-order chi connectivity index (χ0) is 19.5. The van der Waals surface area contributed by atoms with Crippen LogP contribution in [-0.4, -0.2) is 68.0 Å². The highest BCUT2D eigenvalue weighted by Crippen LogP contribution is 2.38. The molecule has 1 aliphatic carbocycles. The molecule has 0 amide bonds. The number of aliphatic hydroxyl groups excluding tert-OH is 1. The van der Waals surface area contributed by atoms with Crippen molar-refractivity contribution in [1.29, 1.82) is 0 Å². The topological polar surface area (TPSA) is 77.5 Å². The molecule has 0 spiro atoms. The number of ether oxygens (including phenoxy) is 4. The van der Waals surface area contributed by atoms with Gasteiger partial charge in [0.25, 0.3) is 0 Å². The smallest absolute Gasteiger partial charge is 0.208 e. The number of aliphatic hydroxyl groups is 1. The van der Waals surface area contributed by atoms with Crippen molar-refractivity contribution < 1.29 is 28.8 Å². The van der Waals surface area contributed by atoms with Crippen molar-refractivity contribution in [3.63, 3.8) is 0 Å². The summed E-state index contributed by atoms with van der Waals surface area (Å²) < 4.78 is 22.3. The van der Waals surface area contributed by atoms with Gasteiger partial charge in [0, 0.05) is 31.6 Å². The average molecular weight is 389 g/mol. The fourth-order valence-electron chi connectivity index (χ4n) is 4.28. The van der Waals surface area contributed by atoms with Crippen molar-refractivity contribution in [1.82, 2.24) is 4.90 Å². The number of benzene rings is 1. The minimum absolute atomic E-state index is 0.0575. The van der Waals surface area contributed by atoms with Crippen LogP contribution in [0.15, 0.2) is 36.3 Å². The maximum absolute atomic E-state index is 13.0. The van der Waals surface area contributed by atoms with Gasteiger partial charge in [-0.1, -0.05) is 6.07 Å². The number of morpholine rings is 1. The van der Waals surface area contributed by atoms with Gasteiger partial charge in [-0.05, 0) is 25.0 Å². The largest absolute Gasteiger partial charge is 0.497 e. The van der Waals surface area contributed by atoms with Gasteiger partial charge >= 0.3 is 0 Å². The maximum Gasteiger partial charge on any atom is 0.208 e. The van der Waals surface area contributed by atoms with Gasteiger partial charge in [-0.25, -0.2) is 0 Å². The number of carbonyl (C=O) groups excluding carboxylic acids is 1. The third kappa shape index (κ3) is 4.01. The number of ketones is 1. The Bertz CT molecular complexity index is 729. The van der Waals surface area contributed by atoms with E-state index in [9.17, 15) is 9.90 Å². The monoisotopic (exact) mass is 389 g/mol. The van der Waals surface area contributed by atoms with E-state index in [1.807, 2.05) is 6.07 Å². The van der Waals surface area contributed by atoms with Gasteiger partial charge in [-0.2, -0.15) is 0 Å². The van der Waals surface area contributed by atoms with Crippen LogP contribution in [0.2, 0.25) is 0 Å². The van der Waals surface area contributed by atoms with Crippen LogP contribution in [0.4, 0.5) is 0 Å². The van der Waals surface area contributed by atoms with Gasteiger partial charge in [0.2, 0.25) is 11.5 Å². The van der Waals surface area contributed by atoms with Gasteiger partial charge < -0.3 is 24.1 Å². The van der Waals surface area contributed by atoms with E-state index in [1.54, 1.807) is 25.3 Å². The van der Waals surface area contributed by atoms with Crippen LogP contribution >= 0.6 is 0 Å². The van der Waals surface area contributed by atoms with Gasteiger partial charge in [0.15, 0.2) is 0 Å². The summed E-state index contributed by atoms with van der Waals surface area (Å²) in [6.45, 7) is 3.80. The van der Waals surface area contributed by atoms with E-state index in [1.165, 1.54) is 6.26 Å². The van der Waals surface area contributed by atoms with E-state index in [-0.39, 0.29) is 29.5 Å². The lowest BCUT2D eigenvalue weighted by atomic mass is 9.73. The molecule has 152 valence electrons. The normalized spacial score (nSPS) is 30.8. The summed E-state index contributed by atoms with van der Waals surface area (Å²) >= 11 is 0. The number of hydrogen-bond acceptors (Lipinski definition) is 7. The lowest BCUT2D eigenvalue weighted by molar-refractivity contribution is -0.140. The highest BCUT2D eigenvalue weighted by molar-refractivity contribution is 5.96. The number of fused-ring (bicyclic) bond motifs is 1. The molecule has 1 aromatic carbocycles. The van der Waals surface area contributed by atoms with Crippen molar-refractivity contribution in [2.75, 3.05) is 40.0 Å². The molecule has 1 aromatic rings. The molecule has 2 heterocycles. The molecule has 7 heteroatoms. The van der Waals surface area contributed by atoms with Crippen LogP contribution in [0.1, 0.15) is 12.8 Å². The Kier molecular flexibility index (Phi) is 5.85. The summed E-state index contributed by atoms with van der Waals surface area (Å²) in [6.07, 6.45) is 1.82. The van der Waals surface area contributed by atoms with E-state index in [4.69, 9.17) is 18.9 Å². The van der Waals surface area contributed by atoms with Crippen LogP contribution in [-0.2, 0) is 14.3 Å². The van der Waals surface area contributed by atoms with E-state index in [0.717, 1.165) is 13.1 Å². The molecule has 4 unspecified atom stereocenters. The zero-order valence-electron chi connectivity index (χ0n) is 16.1. The number of rotatable bonds is 5. The fourth-order valence-corrected chi connectivity index (χ4v) is 4.28. The Morgan fingerprint density at radius 1 is 1.21 bits per heavy atom. The van der Waals surface area contributed by atoms with Gasteiger partial charge in [0.05, 0.1) is 32.3 Å². The molecule has 0 aromatic heterocycles. The summed E-state index contributed by atoms with van der Waals surface area (Å²) in [5.74, 6) is 0.942. The van der Waals surface area contributed by atoms with E-state index >= 15 is 0 Å². The van der Waals surface area contributed by atoms with Crippen molar-refractivity contribution >= 4 is 5.78 Å². The van der Waals surface area contributed by atoms with Crippen LogP contribution in [0.5, 0.6) is 11.5 Å². The molecule has 28 heavy (non-hydrogen) atoms. The minimum atomic E-state index is -0.467. The highest BCUT2D eigenvalue weighted by Gasteiger charge is 2.47. The quantitative estimate of drug-likeness (QED) is 0.820. The molecule has 2 fully saturated rings. The van der Waals surface area contributed by atoms with Crippen LogP contribution in [0, 0.1) is 11.8 Å². The Hall–Kier alpha value is -2.09. The number of methoxy groups -OCH3 is 1. The number of Topliss-reactive ketones (excluding diaryl/α,β-unsaturated/α-hetero) is 1.